The molecule has 8 nitrogen and oxygen atoms in total. The van der Waals surface area contributed by atoms with Crippen LogP contribution in [0.15, 0.2) is 41.4 Å². The third kappa shape index (κ3) is 5.72. The molecule has 1 fully saturated rings. The first-order chi connectivity index (χ1) is 17.1. The van der Waals surface area contributed by atoms with Crippen molar-refractivity contribution in [2.75, 3.05) is 51.0 Å². The van der Waals surface area contributed by atoms with Gasteiger partial charge in [-0.15, -0.1) is 11.8 Å². The second kappa shape index (κ2) is 10.9. The van der Waals surface area contributed by atoms with Crippen LogP contribution in [0.2, 0.25) is 0 Å². The van der Waals surface area contributed by atoms with Gasteiger partial charge in [0.25, 0.3) is 0 Å². The molecule has 2 N–H and O–H groups in total. The lowest BCUT2D eigenvalue weighted by Crippen LogP contribution is -2.47. The molecule has 1 aromatic carbocycles. The molecular formula is C25H28FN5O3S. The van der Waals surface area contributed by atoms with Crippen LogP contribution in [0, 0.1) is 5.82 Å². The van der Waals surface area contributed by atoms with E-state index in [1.807, 2.05) is 30.3 Å². The summed E-state index contributed by atoms with van der Waals surface area (Å²) in [5, 5.41) is 7.04. The summed E-state index contributed by atoms with van der Waals surface area (Å²) in [6.07, 6.45) is 1.92. The van der Waals surface area contributed by atoms with E-state index in [1.54, 1.807) is 7.11 Å². The van der Waals surface area contributed by atoms with Crippen molar-refractivity contribution in [1.82, 2.24) is 20.2 Å². The van der Waals surface area contributed by atoms with E-state index in [2.05, 4.69) is 25.5 Å². The predicted molar refractivity (Wildman–Crippen MR) is 133 cm³/mol. The number of amides is 1. The zero-order valence-corrected chi connectivity index (χ0v) is 20.4. The number of methoxy groups -OCH3 is 1. The Balaban J connectivity index is 1.14. The van der Waals surface area contributed by atoms with Crippen molar-refractivity contribution in [3.8, 4) is 5.75 Å². The molecule has 0 bridgehead atoms. The molecule has 1 saturated heterocycles. The van der Waals surface area contributed by atoms with E-state index in [9.17, 15) is 9.18 Å². The molecule has 4 heterocycles. The number of carbonyl (C=O) groups excluding carboxylic acids is 1. The fourth-order valence-corrected chi connectivity index (χ4v) is 5.18. The van der Waals surface area contributed by atoms with E-state index >= 15 is 0 Å². The molecule has 2 aliphatic heterocycles. The minimum Gasteiger partial charge on any atom is -0.497 e. The fourth-order valence-electron chi connectivity index (χ4n) is 4.42. The number of nitrogens with zero attached hydrogens (tertiary/aromatic N) is 3. The van der Waals surface area contributed by atoms with Gasteiger partial charge in [-0.25, -0.2) is 9.37 Å². The number of hydrogen-bond donors (Lipinski definition) is 2. The van der Waals surface area contributed by atoms with E-state index in [1.165, 1.54) is 18.0 Å². The molecule has 2 aromatic heterocycles. The van der Waals surface area contributed by atoms with Crippen LogP contribution in [0.1, 0.15) is 11.3 Å². The summed E-state index contributed by atoms with van der Waals surface area (Å²) in [6, 6.07) is 9.53. The van der Waals surface area contributed by atoms with Crippen molar-refractivity contribution in [3.63, 3.8) is 0 Å². The van der Waals surface area contributed by atoms with Crippen molar-refractivity contribution < 1.29 is 18.7 Å². The first-order valence-electron chi connectivity index (χ1n) is 11.7. The monoisotopic (exact) mass is 497 g/mol. The van der Waals surface area contributed by atoms with Gasteiger partial charge in [0.05, 0.1) is 47.9 Å². The fraction of sp³-hybridized carbons (Fsp3) is 0.400. The highest BCUT2D eigenvalue weighted by molar-refractivity contribution is 8.00. The Morgan fingerprint density at radius 3 is 3.14 bits per heavy atom. The molecule has 2 aliphatic rings. The quantitative estimate of drug-likeness (QED) is 0.491. The Kier molecular flexibility index (Phi) is 7.43. The van der Waals surface area contributed by atoms with Gasteiger partial charge in [-0.05, 0) is 36.8 Å². The summed E-state index contributed by atoms with van der Waals surface area (Å²) in [7, 11) is 1.61. The molecule has 35 heavy (non-hydrogen) atoms. The largest absolute Gasteiger partial charge is 0.497 e. The van der Waals surface area contributed by atoms with Gasteiger partial charge < -0.3 is 20.1 Å². The number of aromatic nitrogens is 2. The van der Waals surface area contributed by atoms with Crippen LogP contribution in [-0.2, 0) is 22.5 Å². The standard InChI is InChI=1S/C25H28FN5O3S/c1-33-17-3-4-22-20(10-17)19(21(26)13-28-22)6-7-31-8-9-34-18(14-31)12-27-11-16-2-5-23-25(29-16)30-24(32)15-35-23/h2-5,10,13,18,27H,6-9,11-12,14-15H2,1H3,(H,29,30,32)/t18-/m0/s1. The van der Waals surface area contributed by atoms with Gasteiger partial charge in [-0.3, -0.25) is 14.7 Å². The number of thioether (sulfide) groups is 1. The first-order valence-corrected chi connectivity index (χ1v) is 12.7. The minimum absolute atomic E-state index is 0.0189. The van der Waals surface area contributed by atoms with E-state index < -0.39 is 0 Å². The second-order valence-electron chi connectivity index (χ2n) is 8.63. The number of morpholine rings is 1. The molecule has 1 amide bonds. The summed E-state index contributed by atoms with van der Waals surface area (Å²) in [4.78, 5) is 23.7. The van der Waals surface area contributed by atoms with E-state index in [4.69, 9.17) is 9.47 Å². The molecule has 10 heteroatoms. The third-order valence-electron chi connectivity index (χ3n) is 6.25. The average molecular weight is 498 g/mol. The van der Waals surface area contributed by atoms with Crippen LogP contribution >= 0.6 is 11.8 Å². The summed E-state index contributed by atoms with van der Waals surface area (Å²) in [6.45, 7) is 4.22. The number of hydrogen-bond acceptors (Lipinski definition) is 8. The van der Waals surface area contributed by atoms with Crippen molar-refractivity contribution in [1.29, 1.82) is 0 Å². The van der Waals surface area contributed by atoms with Gasteiger partial charge in [0.2, 0.25) is 5.91 Å². The van der Waals surface area contributed by atoms with Crippen LogP contribution in [0.3, 0.4) is 0 Å². The maximum absolute atomic E-state index is 14.7. The highest BCUT2D eigenvalue weighted by Crippen LogP contribution is 2.29. The molecule has 5 rings (SSSR count). The summed E-state index contributed by atoms with van der Waals surface area (Å²) >= 11 is 1.50. The maximum Gasteiger partial charge on any atom is 0.235 e. The van der Waals surface area contributed by atoms with Crippen molar-refractivity contribution in [2.45, 2.75) is 24.0 Å². The molecule has 0 aliphatic carbocycles. The number of fused-ring (bicyclic) bond motifs is 2. The molecule has 0 unspecified atom stereocenters. The van der Waals surface area contributed by atoms with Gasteiger partial charge >= 0.3 is 0 Å². The van der Waals surface area contributed by atoms with Gasteiger partial charge in [0.1, 0.15) is 17.4 Å². The van der Waals surface area contributed by atoms with Gasteiger partial charge in [-0.1, -0.05) is 0 Å². The Hall–Kier alpha value is -2.79. The highest BCUT2D eigenvalue weighted by atomic mass is 32.2. The second-order valence-corrected chi connectivity index (χ2v) is 9.65. The number of carbonyl (C=O) groups is 1. The van der Waals surface area contributed by atoms with Crippen LogP contribution in [0.4, 0.5) is 10.2 Å². The number of benzene rings is 1. The SMILES string of the molecule is COc1ccc2ncc(F)c(CCN3CCO[C@@H](CNCc4ccc5c(n4)NC(=O)CS5)C3)c2c1. The zero-order valence-electron chi connectivity index (χ0n) is 19.6. The van der Waals surface area contributed by atoms with Crippen LogP contribution in [0.25, 0.3) is 10.9 Å². The van der Waals surface area contributed by atoms with E-state index in [0.717, 1.165) is 41.1 Å². The normalized spacial score (nSPS) is 18.3. The maximum atomic E-state index is 14.7. The Labute approximate surface area is 207 Å². The lowest BCUT2D eigenvalue weighted by molar-refractivity contribution is -0.113. The number of anilines is 1. The topological polar surface area (TPSA) is 88.6 Å². The molecule has 3 aromatic rings. The average Bonchev–Trinajstić information content (AvgIpc) is 2.88. The molecule has 0 spiro atoms. The summed E-state index contributed by atoms with van der Waals surface area (Å²) in [5.74, 6) is 1.45. The van der Waals surface area contributed by atoms with Crippen molar-refractivity contribution >= 4 is 34.4 Å². The number of pyridine rings is 2. The van der Waals surface area contributed by atoms with Crippen LogP contribution < -0.4 is 15.4 Å². The van der Waals surface area contributed by atoms with Crippen LogP contribution in [0.5, 0.6) is 5.75 Å². The lowest BCUT2D eigenvalue weighted by atomic mass is 10.0. The first kappa shape index (κ1) is 23.9. The smallest absolute Gasteiger partial charge is 0.235 e. The Bertz CT molecular complexity index is 1230. The van der Waals surface area contributed by atoms with Crippen molar-refractivity contribution in [3.05, 3.63) is 53.6 Å². The molecule has 184 valence electrons. The van der Waals surface area contributed by atoms with Gasteiger partial charge in [0.15, 0.2) is 0 Å². The number of nitrogens with one attached hydrogen (secondary N) is 2. The van der Waals surface area contributed by atoms with Crippen molar-refractivity contribution in [2.24, 2.45) is 0 Å². The van der Waals surface area contributed by atoms with E-state index in [-0.39, 0.29) is 17.8 Å². The number of rotatable bonds is 8. The number of halogens is 1. The highest BCUT2D eigenvalue weighted by Gasteiger charge is 2.21. The summed E-state index contributed by atoms with van der Waals surface area (Å²) in [5.41, 5.74) is 2.30. The number of ether oxygens (including phenoxy) is 2. The molecule has 1 atom stereocenters. The predicted octanol–water partition coefficient (Wildman–Crippen LogP) is 2.85. The van der Waals surface area contributed by atoms with Crippen LogP contribution in [-0.4, -0.2) is 72.5 Å². The molecule has 0 saturated carbocycles. The zero-order chi connectivity index (χ0) is 24.2. The Morgan fingerprint density at radius 2 is 2.26 bits per heavy atom. The van der Waals surface area contributed by atoms with E-state index in [0.29, 0.717) is 49.0 Å². The summed E-state index contributed by atoms with van der Waals surface area (Å²) < 4.78 is 25.9. The minimum atomic E-state index is -0.288. The molecular weight excluding hydrogens is 469 g/mol. The lowest BCUT2D eigenvalue weighted by Gasteiger charge is -2.33. The Morgan fingerprint density at radius 1 is 1.34 bits per heavy atom. The third-order valence-corrected chi connectivity index (χ3v) is 7.29. The van der Waals surface area contributed by atoms with Gasteiger partial charge in [-0.2, -0.15) is 0 Å². The van der Waals surface area contributed by atoms with Gasteiger partial charge in [0, 0.05) is 43.7 Å². The molecule has 0 radical (unpaired) electrons.